The van der Waals surface area contributed by atoms with Crippen LogP contribution in [0.5, 0.6) is 5.75 Å². The van der Waals surface area contributed by atoms with E-state index in [4.69, 9.17) is 4.74 Å². The molecule has 2 aromatic rings. The summed E-state index contributed by atoms with van der Waals surface area (Å²) in [7, 11) is 3.97. The molecule has 1 fully saturated rings. The first-order valence-electron chi connectivity index (χ1n) is 10.5. The normalized spacial score (nSPS) is 18.3. The molecule has 1 aliphatic heterocycles. The van der Waals surface area contributed by atoms with Crippen LogP contribution in [0.3, 0.4) is 0 Å². The number of aromatic nitrogens is 1. The van der Waals surface area contributed by atoms with Gasteiger partial charge in [-0.1, -0.05) is 6.07 Å². The minimum absolute atomic E-state index is 0.0212. The van der Waals surface area contributed by atoms with Crippen LogP contribution >= 0.6 is 0 Å². The molecule has 0 bridgehead atoms. The number of likely N-dealkylation sites (tertiary alicyclic amines) is 1. The molecular formula is C24H30N3O4+. The molecule has 1 aliphatic rings. The number of likely N-dealkylation sites (N-methyl/N-ethyl adjacent to an activating group) is 1. The molecule has 1 amide bonds. The number of amides is 1. The van der Waals surface area contributed by atoms with E-state index < -0.39 is 17.7 Å². The number of benzene rings is 1. The van der Waals surface area contributed by atoms with Gasteiger partial charge >= 0.3 is 0 Å². The molecule has 0 unspecified atom stereocenters. The fourth-order valence-corrected chi connectivity index (χ4v) is 3.68. The van der Waals surface area contributed by atoms with Crippen molar-refractivity contribution in [3.05, 3.63) is 65.0 Å². The molecule has 31 heavy (non-hydrogen) atoms. The maximum atomic E-state index is 13.0. The highest BCUT2D eigenvalue weighted by atomic mass is 16.5. The van der Waals surface area contributed by atoms with Crippen molar-refractivity contribution in [2.24, 2.45) is 0 Å². The molecule has 2 heterocycles. The zero-order chi connectivity index (χ0) is 22.7. The predicted octanol–water partition coefficient (Wildman–Crippen LogP) is 1.74. The monoisotopic (exact) mass is 424 g/mol. The Balaban J connectivity index is 2.09. The van der Waals surface area contributed by atoms with Crippen molar-refractivity contribution in [1.82, 2.24) is 9.88 Å². The van der Waals surface area contributed by atoms with E-state index in [1.807, 2.05) is 40.9 Å². The van der Waals surface area contributed by atoms with Crippen molar-refractivity contribution in [1.29, 1.82) is 0 Å². The summed E-state index contributed by atoms with van der Waals surface area (Å²) in [5.41, 5.74) is 2.08. The SMILES string of the molecule is Cc1cc(C(O)=C2C(=O)C(=O)N(CC[NH+](C)C)[C@H]2c2cccnc2)ccc1OC(C)C. The second kappa shape index (κ2) is 9.31. The lowest BCUT2D eigenvalue weighted by Crippen LogP contribution is -3.06. The molecule has 1 aromatic heterocycles. The lowest BCUT2D eigenvalue weighted by Gasteiger charge is -2.25. The summed E-state index contributed by atoms with van der Waals surface area (Å²) in [5.74, 6) is -0.760. The number of aliphatic hydroxyl groups excluding tert-OH is 1. The van der Waals surface area contributed by atoms with Gasteiger partial charge in [0, 0.05) is 18.0 Å². The predicted molar refractivity (Wildman–Crippen MR) is 118 cm³/mol. The van der Waals surface area contributed by atoms with Gasteiger partial charge in [-0.05, 0) is 56.2 Å². The molecule has 1 atom stereocenters. The van der Waals surface area contributed by atoms with Crippen LogP contribution in [0.25, 0.3) is 5.76 Å². The Labute approximate surface area is 183 Å². The molecule has 3 rings (SSSR count). The Bertz CT molecular complexity index is 999. The smallest absolute Gasteiger partial charge is 0.295 e. The number of pyridine rings is 1. The second-order valence-electron chi connectivity index (χ2n) is 8.38. The van der Waals surface area contributed by atoms with Gasteiger partial charge in [0.05, 0.1) is 44.9 Å². The van der Waals surface area contributed by atoms with E-state index in [2.05, 4.69) is 4.98 Å². The number of aliphatic hydroxyl groups is 1. The molecule has 0 spiro atoms. The minimum atomic E-state index is -0.681. The lowest BCUT2D eigenvalue weighted by molar-refractivity contribution is -0.857. The van der Waals surface area contributed by atoms with E-state index in [1.165, 1.54) is 4.90 Å². The minimum Gasteiger partial charge on any atom is -0.507 e. The number of ketones is 1. The summed E-state index contributed by atoms with van der Waals surface area (Å²) in [6, 6.07) is 8.14. The number of nitrogens with zero attached hydrogens (tertiary/aromatic N) is 2. The summed E-state index contributed by atoms with van der Waals surface area (Å²) in [6.45, 7) is 6.83. The Morgan fingerprint density at radius 1 is 1.26 bits per heavy atom. The van der Waals surface area contributed by atoms with Crippen molar-refractivity contribution in [2.45, 2.75) is 32.9 Å². The quantitative estimate of drug-likeness (QED) is 0.402. The Morgan fingerprint density at radius 3 is 2.58 bits per heavy atom. The third kappa shape index (κ3) is 4.77. The number of hydrogen-bond donors (Lipinski definition) is 2. The van der Waals surface area contributed by atoms with Gasteiger partial charge in [-0.25, -0.2) is 0 Å². The van der Waals surface area contributed by atoms with Gasteiger partial charge in [0.25, 0.3) is 11.7 Å². The number of carbonyl (C=O) groups excluding carboxylic acids is 2. The average Bonchev–Trinajstić information content (AvgIpc) is 2.98. The van der Waals surface area contributed by atoms with Crippen LogP contribution < -0.4 is 9.64 Å². The highest BCUT2D eigenvalue weighted by Crippen LogP contribution is 2.39. The summed E-state index contributed by atoms with van der Waals surface area (Å²) in [4.78, 5) is 32.7. The van der Waals surface area contributed by atoms with Gasteiger partial charge in [-0.3, -0.25) is 14.6 Å². The zero-order valence-electron chi connectivity index (χ0n) is 18.7. The van der Waals surface area contributed by atoms with Gasteiger partial charge in [0.2, 0.25) is 0 Å². The van der Waals surface area contributed by atoms with Crippen molar-refractivity contribution >= 4 is 17.4 Å². The summed E-state index contributed by atoms with van der Waals surface area (Å²) in [5, 5.41) is 11.1. The first-order valence-corrected chi connectivity index (χ1v) is 10.5. The average molecular weight is 425 g/mol. The number of carbonyl (C=O) groups is 2. The maximum Gasteiger partial charge on any atom is 0.295 e. The molecule has 1 saturated heterocycles. The van der Waals surface area contributed by atoms with Gasteiger partial charge in [0.1, 0.15) is 11.5 Å². The number of quaternary nitrogens is 1. The Hall–Kier alpha value is -3.19. The first kappa shape index (κ1) is 22.5. The molecule has 0 aliphatic carbocycles. The zero-order valence-corrected chi connectivity index (χ0v) is 18.7. The highest BCUT2D eigenvalue weighted by molar-refractivity contribution is 6.46. The van der Waals surface area contributed by atoms with Crippen molar-refractivity contribution in [3.63, 3.8) is 0 Å². The van der Waals surface area contributed by atoms with Crippen LogP contribution in [0.1, 0.15) is 36.6 Å². The number of rotatable bonds is 7. The second-order valence-corrected chi connectivity index (χ2v) is 8.38. The Morgan fingerprint density at radius 2 is 2.00 bits per heavy atom. The van der Waals surface area contributed by atoms with E-state index in [-0.39, 0.29) is 17.4 Å². The van der Waals surface area contributed by atoms with Crippen LogP contribution in [0.15, 0.2) is 48.3 Å². The first-order chi connectivity index (χ1) is 14.7. The highest BCUT2D eigenvalue weighted by Gasteiger charge is 2.46. The molecular weight excluding hydrogens is 394 g/mol. The topological polar surface area (TPSA) is 84.2 Å². The van der Waals surface area contributed by atoms with E-state index in [0.717, 1.165) is 10.5 Å². The van der Waals surface area contributed by atoms with Crippen LogP contribution in [0, 0.1) is 6.92 Å². The number of hydrogen-bond acceptors (Lipinski definition) is 5. The lowest BCUT2D eigenvalue weighted by atomic mass is 9.95. The van der Waals surface area contributed by atoms with Gasteiger partial charge in [-0.15, -0.1) is 0 Å². The fourth-order valence-electron chi connectivity index (χ4n) is 3.68. The van der Waals surface area contributed by atoms with Gasteiger partial charge < -0.3 is 19.6 Å². The molecule has 2 N–H and O–H groups in total. The number of aryl methyl sites for hydroxylation is 1. The molecule has 0 saturated carbocycles. The van der Waals surface area contributed by atoms with Crippen LogP contribution in [0.2, 0.25) is 0 Å². The number of ether oxygens (including phenoxy) is 1. The van der Waals surface area contributed by atoms with Crippen molar-refractivity contribution in [2.75, 3.05) is 27.2 Å². The van der Waals surface area contributed by atoms with E-state index in [0.29, 0.717) is 30.0 Å². The molecule has 7 nitrogen and oxygen atoms in total. The third-order valence-corrected chi connectivity index (χ3v) is 5.20. The van der Waals surface area contributed by atoms with Crippen molar-refractivity contribution in [3.8, 4) is 5.75 Å². The van der Waals surface area contributed by atoms with Crippen LogP contribution in [0.4, 0.5) is 0 Å². The van der Waals surface area contributed by atoms with Crippen LogP contribution in [-0.2, 0) is 9.59 Å². The summed E-state index contributed by atoms with van der Waals surface area (Å²) < 4.78 is 5.77. The summed E-state index contributed by atoms with van der Waals surface area (Å²) >= 11 is 0. The molecule has 164 valence electrons. The molecule has 1 aromatic carbocycles. The number of nitrogens with one attached hydrogen (secondary N) is 1. The standard InChI is InChI=1S/C24H29N3O4/c1-15(2)31-19-9-8-17(13-16(19)3)22(28)20-21(18-7-6-10-25-14-18)27(12-11-26(4)5)24(30)23(20)29/h6-10,13-15,21,28H,11-12H2,1-5H3/p+1/t21-/m0/s1. The third-order valence-electron chi connectivity index (χ3n) is 5.20. The Kier molecular flexibility index (Phi) is 6.75. The molecule has 0 radical (unpaired) electrons. The fraction of sp³-hybridized carbons (Fsp3) is 0.375. The molecule has 7 heteroatoms. The number of Topliss-reactive ketones (excluding diaryl/α,β-unsaturated/α-hetero) is 1. The van der Waals surface area contributed by atoms with Gasteiger partial charge in [0.15, 0.2) is 0 Å². The van der Waals surface area contributed by atoms with Crippen LogP contribution in [-0.4, -0.2) is 60.0 Å². The summed E-state index contributed by atoms with van der Waals surface area (Å²) in [6.07, 6.45) is 3.29. The van der Waals surface area contributed by atoms with E-state index in [1.54, 1.807) is 36.7 Å². The van der Waals surface area contributed by atoms with Gasteiger partial charge in [-0.2, -0.15) is 0 Å². The van der Waals surface area contributed by atoms with E-state index >= 15 is 0 Å². The van der Waals surface area contributed by atoms with Crippen molar-refractivity contribution < 1.29 is 24.3 Å². The maximum absolute atomic E-state index is 13.0. The van der Waals surface area contributed by atoms with E-state index in [9.17, 15) is 14.7 Å². The largest absolute Gasteiger partial charge is 0.507 e.